The highest BCUT2D eigenvalue weighted by Crippen LogP contribution is 2.27. The minimum absolute atomic E-state index is 0.464. The van der Waals surface area contributed by atoms with Crippen molar-refractivity contribution in [3.63, 3.8) is 0 Å². The lowest BCUT2D eigenvalue weighted by atomic mass is 9.88. The van der Waals surface area contributed by atoms with Gasteiger partial charge in [-0.25, -0.2) is 0 Å². The van der Waals surface area contributed by atoms with E-state index in [1.54, 1.807) is 0 Å². The highest BCUT2D eigenvalue weighted by Gasteiger charge is 2.18. The maximum absolute atomic E-state index is 3.49. The average Bonchev–Trinajstić information content (AvgIpc) is 2.54. The zero-order valence-corrected chi connectivity index (χ0v) is 13.5. The van der Waals surface area contributed by atoms with E-state index in [2.05, 4.69) is 80.8 Å². The van der Waals surface area contributed by atoms with Crippen LogP contribution in [0.2, 0.25) is 0 Å². The van der Waals surface area contributed by atoms with Crippen LogP contribution < -0.4 is 5.32 Å². The second-order valence-electron chi connectivity index (χ2n) is 5.75. The van der Waals surface area contributed by atoms with Crippen LogP contribution in [0.1, 0.15) is 49.4 Å². The average molecular weight is 281 g/mol. The molecule has 1 N–H and O–H groups in total. The number of hydrogen-bond donors (Lipinski definition) is 1. The van der Waals surface area contributed by atoms with Crippen LogP contribution in [0, 0.1) is 5.92 Å². The molecule has 2 aromatic carbocycles. The molecule has 0 radical (unpaired) electrons. The molecule has 0 saturated heterocycles. The van der Waals surface area contributed by atoms with Crippen LogP contribution in [0.25, 0.3) is 0 Å². The normalized spacial score (nSPS) is 12.6. The van der Waals surface area contributed by atoms with Crippen molar-refractivity contribution in [2.45, 2.75) is 39.2 Å². The maximum Gasteiger partial charge on any atom is 0.0345 e. The van der Waals surface area contributed by atoms with Crippen LogP contribution in [0.15, 0.2) is 54.6 Å². The molecule has 21 heavy (non-hydrogen) atoms. The Kier molecular flexibility index (Phi) is 6.01. The van der Waals surface area contributed by atoms with Crippen LogP contribution in [-0.4, -0.2) is 7.05 Å². The van der Waals surface area contributed by atoms with E-state index >= 15 is 0 Å². The Morgan fingerprint density at radius 3 is 1.90 bits per heavy atom. The minimum Gasteiger partial charge on any atom is -0.313 e. The van der Waals surface area contributed by atoms with Crippen molar-refractivity contribution in [3.05, 3.63) is 71.3 Å². The molecule has 1 heteroatoms. The fourth-order valence-corrected chi connectivity index (χ4v) is 3.11. The van der Waals surface area contributed by atoms with Crippen LogP contribution in [-0.2, 0) is 6.42 Å². The van der Waals surface area contributed by atoms with E-state index in [0.29, 0.717) is 12.0 Å². The molecule has 0 aliphatic rings. The lowest BCUT2D eigenvalue weighted by molar-refractivity contribution is 0.359. The van der Waals surface area contributed by atoms with Gasteiger partial charge in [-0.05, 0) is 36.1 Å². The molecule has 0 amide bonds. The largest absolute Gasteiger partial charge is 0.313 e. The lowest BCUT2D eigenvalue weighted by Crippen LogP contribution is -2.24. The summed E-state index contributed by atoms with van der Waals surface area (Å²) in [7, 11) is 2.07. The molecule has 112 valence electrons. The van der Waals surface area contributed by atoms with E-state index in [-0.39, 0.29) is 0 Å². The highest BCUT2D eigenvalue weighted by atomic mass is 14.9. The van der Waals surface area contributed by atoms with Gasteiger partial charge in [0, 0.05) is 6.04 Å². The Morgan fingerprint density at radius 1 is 0.810 bits per heavy atom. The van der Waals surface area contributed by atoms with Crippen molar-refractivity contribution < 1.29 is 0 Å². The number of hydrogen-bond acceptors (Lipinski definition) is 1. The van der Waals surface area contributed by atoms with Gasteiger partial charge >= 0.3 is 0 Å². The van der Waals surface area contributed by atoms with Gasteiger partial charge in [-0.15, -0.1) is 0 Å². The molecule has 0 bridgehead atoms. The van der Waals surface area contributed by atoms with Gasteiger partial charge in [-0.2, -0.15) is 0 Å². The second-order valence-corrected chi connectivity index (χ2v) is 5.75. The summed E-state index contributed by atoms with van der Waals surface area (Å²) < 4.78 is 0. The summed E-state index contributed by atoms with van der Waals surface area (Å²) in [6, 6.07) is 20.2. The summed E-state index contributed by atoms with van der Waals surface area (Å²) in [5.74, 6) is 0.704. The molecular weight excluding hydrogens is 254 g/mol. The number of nitrogens with one attached hydrogen (secondary N) is 1. The van der Waals surface area contributed by atoms with Crippen LogP contribution in [0.4, 0.5) is 0 Å². The van der Waals surface area contributed by atoms with Gasteiger partial charge < -0.3 is 5.32 Å². The molecular formula is C20H27N. The van der Waals surface area contributed by atoms with E-state index in [1.165, 1.54) is 29.5 Å². The number of benzene rings is 2. The Morgan fingerprint density at radius 2 is 1.38 bits per heavy atom. The highest BCUT2D eigenvalue weighted by molar-refractivity contribution is 5.30. The first-order chi connectivity index (χ1) is 10.3. The molecule has 2 aromatic rings. The predicted molar refractivity (Wildman–Crippen MR) is 91.6 cm³/mol. The third kappa shape index (κ3) is 4.18. The zero-order chi connectivity index (χ0) is 15.1. The van der Waals surface area contributed by atoms with E-state index < -0.39 is 0 Å². The Bertz CT molecular complexity index is 511. The summed E-state index contributed by atoms with van der Waals surface area (Å²) in [6.45, 7) is 4.56. The van der Waals surface area contributed by atoms with Crippen molar-refractivity contribution in [2.24, 2.45) is 5.92 Å². The summed E-state index contributed by atoms with van der Waals surface area (Å²) in [4.78, 5) is 0. The standard InChI is InChI=1S/C20H27N/c1-4-18(5-2)20(21-3)19-13-11-17(12-14-19)15-16-9-7-6-8-10-16/h6-14,18,20-21H,4-5,15H2,1-3H3. The van der Waals surface area contributed by atoms with Crippen LogP contribution in [0.5, 0.6) is 0 Å². The van der Waals surface area contributed by atoms with Crippen molar-refractivity contribution in [2.75, 3.05) is 7.05 Å². The summed E-state index contributed by atoms with van der Waals surface area (Å²) >= 11 is 0. The Hall–Kier alpha value is -1.60. The van der Waals surface area contributed by atoms with Gasteiger partial charge in [0.2, 0.25) is 0 Å². The third-order valence-corrected chi connectivity index (χ3v) is 4.42. The molecule has 1 atom stereocenters. The molecule has 0 spiro atoms. The predicted octanol–water partition coefficient (Wildman–Crippen LogP) is 4.97. The summed E-state index contributed by atoms with van der Waals surface area (Å²) in [5.41, 5.74) is 4.16. The summed E-state index contributed by atoms with van der Waals surface area (Å²) in [5, 5.41) is 3.49. The fraction of sp³-hybridized carbons (Fsp3) is 0.400. The molecule has 0 aromatic heterocycles. The molecule has 0 fully saturated rings. The molecule has 0 heterocycles. The zero-order valence-electron chi connectivity index (χ0n) is 13.5. The monoisotopic (exact) mass is 281 g/mol. The molecule has 0 saturated carbocycles. The van der Waals surface area contributed by atoms with Crippen molar-refractivity contribution >= 4 is 0 Å². The van der Waals surface area contributed by atoms with Crippen molar-refractivity contribution in [3.8, 4) is 0 Å². The van der Waals surface area contributed by atoms with Crippen LogP contribution >= 0.6 is 0 Å². The molecule has 2 rings (SSSR count). The van der Waals surface area contributed by atoms with Crippen molar-refractivity contribution in [1.82, 2.24) is 5.32 Å². The maximum atomic E-state index is 3.49. The molecule has 1 nitrogen and oxygen atoms in total. The number of rotatable bonds is 7. The van der Waals surface area contributed by atoms with E-state index in [4.69, 9.17) is 0 Å². The molecule has 0 aliphatic heterocycles. The van der Waals surface area contributed by atoms with E-state index in [9.17, 15) is 0 Å². The smallest absolute Gasteiger partial charge is 0.0345 e. The van der Waals surface area contributed by atoms with E-state index in [0.717, 1.165) is 6.42 Å². The first-order valence-electron chi connectivity index (χ1n) is 8.08. The molecule has 0 aliphatic carbocycles. The minimum atomic E-state index is 0.464. The van der Waals surface area contributed by atoms with Gasteiger partial charge in [0.05, 0.1) is 0 Å². The lowest BCUT2D eigenvalue weighted by Gasteiger charge is -2.25. The first kappa shape index (κ1) is 15.8. The topological polar surface area (TPSA) is 12.0 Å². The second kappa shape index (κ2) is 7.99. The van der Waals surface area contributed by atoms with Gasteiger partial charge in [-0.1, -0.05) is 81.3 Å². The fourth-order valence-electron chi connectivity index (χ4n) is 3.11. The third-order valence-electron chi connectivity index (χ3n) is 4.42. The Balaban J connectivity index is 2.10. The summed E-state index contributed by atoms with van der Waals surface area (Å²) in [6.07, 6.45) is 3.44. The van der Waals surface area contributed by atoms with E-state index in [1.807, 2.05) is 0 Å². The first-order valence-corrected chi connectivity index (χ1v) is 8.08. The SMILES string of the molecule is CCC(CC)C(NC)c1ccc(Cc2ccccc2)cc1. The quantitative estimate of drug-likeness (QED) is 0.755. The molecule has 1 unspecified atom stereocenters. The van der Waals surface area contributed by atoms with Gasteiger partial charge in [-0.3, -0.25) is 0 Å². The van der Waals surface area contributed by atoms with Gasteiger partial charge in [0.15, 0.2) is 0 Å². The Labute approximate surface area is 129 Å². The van der Waals surface area contributed by atoms with Crippen LogP contribution in [0.3, 0.4) is 0 Å². The van der Waals surface area contributed by atoms with Crippen molar-refractivity contribution in [1.29, 1.82) is 0 Å². The van der Waals surface area contributed by atoms with Gasteiger partial charge in [0.25, 0.3) is 0 Å². The van der Waals surface area contributed by atoms with Gasteiger partial charge in [0.1, 0.15) is 0 Å².